The van der Waals surface area contributed by atoms with Crippen LogP contribution in [0.15, 0.2) is 71.9 Å². The molecule has 0 saturated heterocycles. The number of anilines is 1. The maximum atomic E-state index is 6.80. The molecule has 0 aliphatic carbocycles. The lowest BCUT2D eigenvalue weighted by Crippen LogP contribution is -2.17. The van der Waals surface area contributed by atoms with Crippen molar-refractivity contribution in [2.24, 2.45) is 0 Å². The van der Waals surface area contributed by atoms with Gasteiger partial charge in [-0.15, -0.1) is 10.2 Å². The summed E-state index contributed by atoms with van der Waals surface area (Å²) in [6, 6.07) is 21.6. The Balaban J connectivity index is 1.41. The van der Waals surface area contributed by atoms with E-state index >= 15 is 0 Å². The molecule has 1 aromatic heterocycles. The Morgan fingerprint density at radius 2 is 1.73 bits per heavy atom. The van der Waals surface area contributed by atoms with E-state index in [2.05, 4.69) is 22.4 Å². The predicted octanol–water partition coefficient (Wildman–Crippen LogP) is 8.74. The van der Waals surface area contributed by atoms with E-state index in [1.165, 1.54) is 25.7 Å². The summed E-state index contributed by atoms with van der Waals surface area (Å²) in [6.07, 6.45) is 5.51. The lowest BCUT2D eigenvalue weighted by atomic mass is 10.1. The first-order chi connectivity index (χ1) is 20.2. The lowest BCUT2D eigenvalue weighted by Gasteiger charge is -2.22. The number of ether oxygens (including phenoxy) is 3. The minimum Gasteiger partial charge on any atom is -0.490 e. The van der Waals surface area contributed by atoms with Gasteiger partial charge in [-0.1, -0.05) is 105 Å². The van der Waals surface area contributed by atoms with Crippen LogP contribution in [-0.2, 0) is 6.61 Å². The van der Waals surface area contributed by atoms with Crippen LogP contribution in [0.5, 0.6) is 17.4 Å². The highest BCUT2D eigenvalue weighted by atomic mass is 35.5. The summed E-state index contributed by atoms with van der Waals surface area (Å²) in [6.45, 7) is 4.99. The van der Waals surface area contributed by atoms with Gasteiger partial charge >= 0.3 is 0 Å². The maximum absolute atomic E-state index is 6.80. The van der Waals surface area contributed by atoms with E-state index in [1.54, 1.807) is 11.8 Å². The number of halogens is 1. The van der Waals surface area contributed by atoms with E-state index in [0.717, 1.165) is 34.6 Å². The fourth-order valence-electron chi connectivity index (χ4n) is 4.60. The molecule has 7 nitrogen and oxygen atoms in total. The fourth-order valence-corrected chi connectivity index (χ4v) is 5.65. The molecule has 2 heterocycles. The van der Waals surface area contributed by atoms with E-state index in [4.69, 9.17) is 30.8 Å². The highest BCUT2D eigenvalue weighted by Crippen LogP contribution is 2.43. The van der Waals surface area contributed by atoms with Gasteiger partial charge in [0.05, 0.1) is 11.6 Å². The molecule has 0 radical (unpaired) electrons. The summed E-state index contributed by atoms with van der Waals surface area (Å²) in [7, 11) is 0. The number of nitrogens with one attached hydrogen (secondary N) is 1. The molecule has 1 N–H and O–H groups in total. The van der Waals surface area contributed by atoms with Crippen molar-refractivity contribution in [2.45, 2.75) is 63.9 Å². The molecule has 0 bridgehead atoms. The Labute approximate surface area is 251 Å². The molecule has 3 aromatic carbocycles. The molecular formula is C32H35ClN4O3S. The number of benzene rings is 3. The average Bonchev–Trinajstić information content (AvgIpc) is 3.16. The summed E-state index contributed by atoms with van der Waals surface area (Å²) < 4.78 is 18.6. The van der Waals surface area contributed by atoms with Gasteiger partial charge in [-0.2, -0.15) is 4.98 Å². The van der Waals surface area contributed by atoms with Crippen molar-refractivity contribution in [1.29, 1.82) is 0 Å². The van der Waals surface area contributed by atoms with Crippen LogP contribution < -0.4 is 19.5 Å². The van der Waals surface area contributed by atoms with Crippen LogP contribution in [0.2, 0.25) is 5.02 Å². The van der Waals surface area contributed by atoms with Gasteiger partial charge in [-0.05, 0) is 37.1 Å². The molecule has 5 rings (SSSR count). The van der Waals surface area contributed by atoms with Crippen LogP contribution in [-0.4, -0.2) is 27.5 Å². The van der Waals surface area contributed by atoms with Crippen LogP contribution in [0, 0.1) is 0 Å². The molecule has 0 unspecified atom stereocenters. The minimum atomic E-state index is -0.596. The number of para-hydroxylation sites is 1. The molecule has 1 aliphatic heterocycles. The second-order valence-electron chi connectivity index (χ2n) is 9.74. The minimum absolute atomic E-state index is 0.376. The van der Waals surface area contributed by atoms with E-state index in [-0.39, 0.29) is 0 Å². The summed E-state index contributed by atoms with van der Waals surface area (Å²) in [5.41, 5.74) is 4.15. The SMILES string of the molecule is CCCCCCCSc1nnc2c(n1)O[C@H](c1cc(Cl)c(OCc3ccccc3)c(OCC)c1)Nc1ccccc1-2. The van der Waals surface area contributed by atoms with Crippen LogP contribution in [0.3, 0.4) is 0 Å². The van der Waals surface area contributed by atoms with Gasteiger partial charge in [0, 0.05) is 22.6 Å². The molecule has 214 valence electrons. The van der Waals surface area contributed by atoms with Gasteiger partial charge in [0.25, 0.3) is 0 Å². The number of nitrogens with zero attached hydrogens (tertiary/aromatic N) is 3. The van der Waals surface area contributed by atoms with Gasteiger partial charge in [0.15, 0.2) is 23.4 Å². The molecule has 4 aromatic rings. The number of hydrogen-bond donors (Lipinski definition) is 1. The maximum Gasteiger partial charge on any atom is 0.247 e. The van der Waals surface area contributed by atoms with Gasteiger partial charge in [0.1, 0.15) is 6.61 Å². The highest BCUT2D eigenvalue weighted by molar-refractivity contribution is 7.99. The third kappa shape index (κ3) is 7.43. The predicted molar refractivity (Wildman–Crippen MR) is 165 cm³/mol. The average molecular weight is 591 g/mol. The van der Waals surface area contributed by atoms with Crippen LogP contribution in [0.25, 0.3) is 11.3 Å². The molecule has 41 heavy (non-hydrogen) atoms. The first-order valence-corrected chi connectivity index (χ1v) is 15.6. The topological polar surface area (TPSA) is 78.4 Å². The summed E-state index contributed by atoms with van der Waals surface area (Å²) in [5.74, 6) is 2.42. The quantitative estimate of drug-likeness (QED) is 0.122. The summed E-state index contributed by atoms with van der Waals surface area (Å²) in [4.78, 5) is 4.78. The van der Waals surface area contributed by atoms with E-state index < -0.39 is 6.23 Å². The fraction of sp³-hybridized carbons (Fsp3) is 0.344. The van der Waals surface area contributed by atoms with Crippen molar-refractivity contribution in [3.8, 4) is 28.6 Å². The second-order valence-corrected chi connectivity index (χ2v) is 11.2. The second kappa shape index (κ2) is 14.4. The van der Waals surface area contributed by atoms with E-state index in [1.807, 2.05) is 73.7 Å². The van der Waals surface area contributed by atoms with E-state index in [9.17, 15) is 0 Å². The lowest BCUT2D eigenvalue weighted by molar-refractivity contribution is 0.223. The first kappa shape index (κ1) is 29.0. The number of unbranched alkanes of at least 4 members (excludes halogenated alkanes) is 4. The summed E-state index contributed by atoms with van der Waals surface area (Å²) in [5, 5.41) is 13.5. The van der Waals surface area contributed by atoms with Gasteiger partial charge in [0.2, 0.25) is 11.0 Å². The zero-order valence-corrected chi connectivity index (χ0v) is 25.0. The number of rotatable bonds is 13. The molecule has 0 amide bonds. The zero-order chi connectivity index (χ0) is 28.4. The van der Waals surface area contributed by atoms with Crippen molar-refractivity contribution in [3.63, 3.8) is 0 Å². The van der Waals surface area contributed by atoms with Crippen molar-refractivity contribution in [3.05, 3.63) is 82.9 Å². The van der Waals surface area contributed by atoms with Crippen LogP contribution in [0.4, 0.5) is 5.69 Å². The molecule has 0 spiro atoms. The number of aromatic nitrogens is 3. The third-order valence-electron chi connectivity index (χ3n) is 6.67. The Kier molecular flexibility index (Phi) is 10.2. The number of hydrogen-bond acceptors (Lipinski definition) is 8. The molecular weight excluding hydrogens is 556 g/mol. The Morgan fingerprint density at radius 3 is 2.56 bits per heavy atom. The van der Waals surface area contributed by atoms with Crippen molar-refractivity contribution in [2.75, 3.05) is 17.7 Å². The smallest absolute Gasteiger partial charge is 0.247 e. The first-order valence-electron chi connectivity index (χ1n) is 14.2. The Hall–Kier alpha value is -3.49. The van der Waals surface area contributed by atoms with Gasteiger partial charge in [-0.25, -0.2) is 0 Å². The molecule has 0 saturated carbocycles. The molecule has 0 fully saturated rings. The molecule has 9 heteroatoms. The van der Waals surface area contributed by atoms with Gasteiger partial charge < -0.3 is 19.5 Å². The normalized spacial score (nSPS) is 13.8. The number of fused-ring (bicyclic) bond motifs is 3. The Bertz CT molecular complexity index is 1440. The number of thioether (sulfide) groups is 1. The van der Waals surface area contributed by atoms with Crippen LogP contribution in [0.1, 0.15) is 63.3 Å². The van der Waals surface area contributed by atoms with Crippen LogP contribution >= 0.6 is 23.4 Å². The largest absolute Gasteiger partial charge is 0.490 e. The highest BCUT2D eigenvalue weighted by Gasteiger charge is 2.28. The van der Waals surface area contributed by atoms with Crippen molar-refractivity contribution >= 4 is 29.1 Å². The Morgan fingerprint density at radius 1 is 0.927 bits per heavy atom. The monoisotopic (exact) mass is 590 g/mol. The van der Waals surface area contributed by atoms with Crippen molar-refractivity contribution in [1.82, 2.24) is 15.2 Å². The third-order valence-corrected chi connectivity index (χ3v) is 7.88. The summed E-state index contributed by atoms with van der Waals surface area (Å²) >= 11 is 8.41. The molecule has 1 atom stereocenters. The van der Waals surface area contributed by atoms with E-state index in [0.29, 0.717) is 46.5 Å². The zero-order valence-electron chi connectivity index (χ0n) is 23.4. The van der Waals surface area contributed by atoms with Crippen molar-refractivity contribution < 1.29 is 14.2 Å². The molecule has 1 aliphatic rings. The van der Waals surface area contributed by atoms with Gasteiger partial charge in [-0.3, -0.25) is 0 Å². The standard InChI is InChI=1S/C32H35ClN4O3S/c1-3-5-6-7-13-18-41-32-35-31-28(36-37-32)24-16-11-12-17-26(24)34-30(40-31)23-19-25(33)29(27(20-23)38-4-2)39-21-22-14-9-8-10-15-22/h8-12,14-17,19-20,30,34H,3-7,13,18,21H2,1-2H3/t30-/m1/s1.